The fraction of sp³-hybridized carbons (Fsp3) is 0.368. The molecule has 0 unspecified atom stereocenters. The average Bonchev–Trinajstić information content (AvgIpc) is 3.11. The van der Waals surface area contributed by atoms with Crippen LogP contribution >= 0.6 is 0 Å². The Kier molecular flexibility index (Phi) is 6.49. The molecule has 0 spiro atoms. The van der Waals surface area contributed by atoms with Crippen molar-refractivity contribution in [2.45, 2.75) is 26.7 Å². The number of nitrogens with zero attached hydrogens (tertiary/aromatic N) is 4. The summed E-state index contributed by atoms with van der Waals surface area (Å²) in [5.41, 5.74) is -0.0685. The van der Waals surface area contributed by atoms with Crippen molar-refractivity contribution in [3.63, 3.8) is 0 Å². The van der Waals surface area contributed by atoms with E-state index in [0.29, 0.717) is 5.56 Å². The van der Waals surface area contributed by atoms with Gasteiger partial charge in [-0.1, -0.05) is 11.2 Å². The zero-order valence-corrected chi connectivity index (χ0v) is 17.2. The summed E-state index contributed by atoms with van der Waals surface area (Å²) in [6.07, 6.45) is 0. The summed E-state index contributed by atoms with van der Waals surface area (Å²) in [5, 5.41) is 8.04. The van der Waals surface area contributed by atoms with Gasteiger partial charge in [0.15, 0.2) is 22.7 Å². The highest BCUT2D eigenvalue weighted by atomic mass is 19.3. The van der Waals surface area contributed by atoms with Gasteiger partial charge in [-0.3, -0.25) is 9.69 Å². The zero-order valence-electron chi connectivity index (χ0n) is 17.2. The number of carbonyl (C=O) groups excluding carboxylic acids is 1. The molecule has 12 heteroatoms. The first-order valence-corrected chi connectivity index (χ1v) is 9.00. The number of hydrogen-bond donors (Lipinski definition) is 0. The molecule has 3 rings (SSSR count). The number of halogens is 2. The molecule has 0 aliphatic carbocycles. The molecule has 0 bridgehead atoms. The van der Waals surface area contributed by atoms with E-state index in [-0.39, 0.29) is 47.1 Å². The Morgan fingerprint density at radius 1 is 1.29 bits per heavy atom. The number of methoxy groups -OCH3 is 2. The SMILES string of the molecule is COC(=O)c1nn(CN(C)Cc2ccc(OC)c(OC(F)F)c2)c(=O)c2noc(C)c12. The van der Waals surface area contributed by atoms with E-state index < -0.39 is 18.1 Å². The molecule has 3 aromatic rings. The standard InChI is InChI=1S/C19H20F2N4O6/c1-10-14-15(23-31-10)17(26)25(22-16(14)18(27)29-4)9-24(2)8-11-5-6-12(28-3)13(7-11)30-19(20)21/h5-7,19H,8-9H2,1-4H3. The lowest BCUT2D eigenvalue weighted by atomic mass is 10.2. The molecule has 31 heavy (non-hydrogen) atoms. The Hall–Kier alpha value is -3.54. The van der Waals surface area contributed by atoms with Crippen molar-refractivity contribution in [2.75, 3.05) is 21.3 Å². The maximum Gasteiger partial charge on any atom is 0.387 e. The largest absolute Gasteiger partial charge is 0.493 e. The lowest BCUT2D eigenvalue weighted by molar-refractivity contribution is -0.0512. The molecule has 0 aliphatic heterocycles. The van der Waals surface area contributed by atoms with Crippen LogP contribution in [0.4, 0.5) is 8.78 Å². The highest BCUT2D eigenvalue weighted by molar-refractivity contribution is 6.01. The minimum atomic E-state index is -3.00. The normalized spacial score (nSPS) is 11.4. The van der Waals surface area contributed by atoms with Gasteiger partial charge < -0.3 is 18.7 Å². The third-order valence-corrected chi connectivity index (χ3v) is 4.41. The molecule has 0 aliphatic rings. The summed E-state index contributed by atoms with van der Waals surface area (Å²) < 4.78 is 45.6. The first kappa shape index (κ1) is 22.2. The van der Waals surface area contributed by atoms with E-state index >= 15 is 0 Å². The molecule has 10 nitrogen and oxygen atoms in total. The van der Waals surface area contributed by atoms with Gasteiger partial charge in [0.2, 0.25) is 0 Å². The quantitative estimate of drug-likeness (QED) is 0.489. The van der Waals surface area contributed by atoms with Gasteiger partial charge in [-0.05, 0) is 31.7 Å². The van der Waals surface area contributed by atoms with Crippen LogP contribution in [0.15, 0.2) is 27.5 Å². The Labute approximate surface area is 174 Å². The number of alkyl halides is 2. The average molecular weight is 438 g/mol. The molecular weight excluding hydrogens is 418 g/mol. The lowest BCUT2D eigenvalue weighted by Gasteiger charge is -2.19. The number of hydrogen-bond acceptors (Lipinski definition) is 9. The number of fused-ring (bicyclic) bond motifs is 1. The molecule has 0 saturated heterocycles. The number of esters is 1. The number of carbonyl (C=O) groups is 1. The Morgan fingerprint density at radius 2 is 2.03 bits per heavy atom. The molecule has 1 aromatic carbocycles. The van der Waals surface area contributed by atoms with Crippen LogP contribution in [0, 0.1) is 6.92 Å². The van der Waals surface area contributed by atoms with Gasteiger partial charge in [0.25, 0.3) is 5.56 Å². The first-order valence-electron chi connectivity index (χ1n) is 9.00. The van der Waals surface area contributed by atoms with Crippen LogP contribution in [0.2, 0.25) is 0 Å². The van der Waals surface area contributed by atoms with Gasteiger partial charge in [0.05, 0.1) is 26.3 Å². The summed E-state index contributed by atoms with van der Waals surface area (Å²) in [6, 6.07) is 4.60. The predicted octanol–water partition coefficient (Wildman–Crippen LogP) is 2.18. The van der Waals surface area contributed by atoms with Gasteiger partial charge in [-0.15, -0.1) is 0 Å². The van der Waals surface area contributed by atoms with E-state index in [4.69, 9.17) is 14.0 Å². The number of aryl methyl sites for hydroxylation is 1. The van der Waals surface area contributed by atoms with Crippen molar-refractivity contribution in [3.05, 3.63) is 45.6 Å². The summed E-state index contributed by atoms with van der Waals surface area (Å²) in [6.45, 7) is -1.22. The number of rotatable bonds is 8. The second-order valence-corrected chi connectivity index (χ2v) is 6.63. The summed E-state index contributed by atoms with van der Waals surface area (Å²) in [5.74, 6) is -0.410. The van der Waals surface area contributed by atoms with Crippen molar-refractivity contribution in [3.8, 4) is 11.5 Å². The van der Waals surface area contributed by atoms with Crippen LogP contribution in [0.5, 0.6) is 11.5 Å². The van der Waals surface area contributed by atoms with Gasteiger partial charge in [0, 0.05) is 6.54 Å². The molecule has 0 fully saturated rings. The smallest absolute Gasteiger partial charge is 0.387 e. The highest BCUT2D eigenvalue weighted by Crippen LogP contribution is 2.30. The molecular formula is C19H20F2N4O6. The molecule has 166 valence electrons. The minimum Gasteiger partial charge on any atom is -0.493 e. The van der Waals surface area contributed by atoms with E-state index in [1.807, 2.05) is 0 Å². The number of aromatic nitrogens is 3. The summed E-state index contributed by atoms with van der Waals surface area (Å²) in [7, 11) is 4.23. The minimum absolute atomic E-state index is 0.0260. The molecule has 0 amide bonds. The molecule has 2 heterocycles. The Morgan fingerprint density at radius 3 is 2.68 bits per heavy atom. The monoisotopic (exact) mass is 438 g/mol. The van der Waals surface area contributed by atoms with Crippen LogP contribution in [0.3, 0.4) is 0 Å². The van der Waals surface area contributed by atoms with Crippen molar-refractivity contribution < 1.29 is 32.3 Å². The van der Waals surface area contributed by atoms with Gasteiger partial charge in [-0.2, -0.15) is 13.9 Å². The van der Waals surface area contributed by atoms with E-state index in [9.17, 15) is 18.4 Å². The Bertz CT molecular complexity index is 1160. The van der Waals surface area contributed by atoms with Gasteiger partial charge in [-0.25, -0.2) is 9.48 Å². The zero-order chi connectivity index (χ0) is 22.7. The number of ether oxygens (including phenoxy) is 3. The first-order chi connectivity index (χ1) is 14.7. The van der Waals surface area contributed by atoms with Crippen molar-refractivity contribution in [1.82, 2.24) is 19.8 Å². The highest BCUT2D eigenvalue weighted by Gasteiger charge is 2.23. The number of benzene rings is 1. The molecule has 0 N–H and O–H groups in total. The van der Waals surface area contributed by atoms with Gasteiger partial charge in [0.1, 0.15) is 5.76 Å². The molecule has 2 aromatic heterocycles. The fourth-order valence-corrected chi connectivity index (χ4v) is 3.07. The van der Waals surface area contributed by atoms with Crippen LogP contribution in [-0.2, 0) is 18.0 Å². The second kappa shape index (κ2) is 9.08. The maximum absolute atomic E-state index is 12.7. The van der Waals surface area contributed by atoms with Gasteiger partial charge >= 0.3 is 12.6 Å². The Balaban J connectivity index is 1.89. The predicted molar refractivity (Wildman–Crippen MR) is 103 cm³/mol. The van der Waals surface area contributed by atoms with Crippen molar-refractivity contribution >= 4 is 16.9 Å². The van der Waals surface area contributed by atoms with Crippen LogP contribution in [-0.4, -0.2) is 53.7 Å². The molecule has 0 saturated carbocycles. The van der Waals surface area contributed by atoms with Crippen molar-refractivity contribution in [2.24, 2.45) is 0 Å². The van der Waals surface area contributed by atoms with Crippen molar-refractivity contribution in [1.29, 1.82) is 0 Å². The lowest BCUT2D eigenvalue weighted by Crippen LogP contribution is -2.33. The van der Waals surface area contributed by atoms with E-state index in [1.165, 1.54) is 26.4 Å². The molecule has 0 atom stereocenters. The van der Waals surface area contributed by atoms with E-state index in [0.717, 1.165) is 4.68 Å². The van der Waals surface area contributed by atoms with E-state index in [1.54, 1.807) is 24.9 Å². The third kappa shape index (κ3) is 4.63. The second-order valence-electron chi connectivity index (χ2n) is 6.63. The summed E-state index contributed by atoms with van der Waals surface area (Å²) >= 11 is 0. The topological polar surface area (TPSA) is 109 Å². The summed E-state index contributed by atoms with van der Waals surface area (Å²) in [4.78, 5) is 26.5. The van der Waals surface area contributed by atoms with Crippen LogP contribution < -0.4 is 15.0 Å². The van der Waals surface area contributed by atoms with Crippen LogP contribution in [0.25, 0.3) is 10.9 Å². The fourth-order valence-electron chi connectivity index (χ4n) is 3.07. The van der Waals surface area contributed by atoms with Crippen LogP contribution in [0.1, 0.15) is 21.8 Å². The van der Waals surface area contributed by atoms with E-state index in [2.05, 4.69) is 15.0 Å². The third-order valence-electron chi connectivity index (χ3n) is 4.41. The maximum atomic E-state index is 12.7. The molecule has 0 radical (unpaired) electrons.